The second kappa shape index (κ2) is 5.16. The number of hydrogen-bond acceptors (Lipinski definition) is 2. The minimum absolute atomic E-state index is 0.348. The standard InChI is InChI=1S/C13H12F3NO/c1-2-11(12-4-3-5-18-12)17-13-9(15)6-8(14)7-10(13)16/h3-7,11,17H,2H2,1H3. The molecule has 1 unspecified atom stereocenters. The molecule has 18 heavy (non-hydrogen) atoms. The molecule has 1 heterocycles. The summed E-state index contributed by atoms with van der Waals surface area (Å²) in [4.78, 5) is 0. The maximum atomic E-state index is 13.5. The second-order valence-electron chi connectivity index (χ2n) is 3.87. The van der Waals surface area contributed by atoms with Crippen molar-refractivity contribution < 1.29 is 17.6 Å². The molecule has 0 spiro atoms. The molecule has 2 rings (SSSR count). The smallest absolute Gasteiger partial charge is 0.152 e. The van der Waals surface area contributed by atoms with Gasteiger partial charge in [0.05, 0.1) is 12.3 Å². The molecule has 0 saturated heterocycles. The molecule has 5 heteroatoms. The number of anilines is 1. The van der Waals surface area contributed by atoms with E-state index in [0.29, 0.717) is 24.3 Å². The molecule has 2 nitrogen and oxygen atoms in total. The monoisotopic (exact) mass is 255 g/mol. The first-order chi connectivity index (χ1) is 8.61. The Labute approximate surface area is 102 Å². The van der Waals surface area contributed by atoms with Crippen molar-refractivity contribution in [1.82, 2.24) is 0 Å². The summed E-state index contributed by atoms with van der Waals surface area (Å²) in [5.74, 6) is -2.29. The third kappa shape index (κ3) is 2.50. The number of benzene rings is 1. The number of hydrogen-bond donors (Lipinski definition) is 1. The summed E-state index contributed by atoms with van der Waals surface area (Å²) < 4.78 is 44.9. The Bertz CT molecular complexity index is 502. The first-order valence-electron chi connectivity index (χ1n) is 5.56. The van der Waals surface area contributed by atoms with Gasteiger partial charge in [0, 0.05) is 12.1 Å². The van der Waals surface area contributed by atoms with Crippen LogP contribution in [0.25, 0.3) is 0 Å². The van der Waals surface area contributed by atoms with Crippen molar-refractivity contribution in [2.45, 2.75) is 19.4 Å². The van der Waals surface area contributed by atoms with E-state index in [1.807, 2.05) is 6.92 Å². The molecule has 2 aromatic rings. The van der Waals surface area contributed by atoms with Crippen LogP contribution in [0.1, 0.15) is 25.1 Å². The molecule has 0 aliphatic carbocycles. The van der Waals surface area contributed by atoms with E-state index in [-0.39, 0.29) is 11.7 Å². The molecule has 0 aliphatic heterocycles. The highest BCUT2D eigenvalue weighted by Crippen LogP contribution is 2.27. The largest absolute Gasteiger partial charge is 0.467 e. The van der Waals surface area contributed by atoms with Gasteiger partial charge in [-0.2, -0.15) is 0 Å². The fourth-order valence-electron chi connectivity index (χ4n) is 1.72. The van der Waals surface area contributed by atoms with E-state index in [1.54, 1.807) is 12.1 Å². The maximum absolute atomic E-state index is 13.5. The van der Waals surface area contributed by atoms with Gasteiger partial charge < -0.3 is 9.73 Å². The van der Waals surface area contributed by atoms with Crippen molar-refractivity contribution in [2.24, 2.45) is 0 Å². The minimum atomic E-state index is -0.961. The molecule has 0 aliphatic rings. The summed E-state index contributed by atoms with van der Waals surface area (Å²) in [6.07, 6.45) is 2.06. The van der Waals surface area contributed by atoms with Gasteiger partial charge in [0.2, 0.25) is 0 Å². The zero-order valence-corrected chi connectivity index (χ0v) is 9.71. The van der Waals surface area contributed by atoms with Crippen molar-refractivity contribution in [1.29, 1.82) is 0 Å². The lowest BCUT2D eigenvalue weighted by Crippen LogP contribution is -2.11. The molecular formula is C13H12F3NO. The van der Waals surface area contributed by atoms with Gasteiger partial charge in [-0.05, 0) is 18.6 Å². The van der Waals surface area contributed by atoms with Crippen LogP contribution in [0, 0.1) is 17.5 Å². The van der Waals surface area contributed by atoms with Crippen molar-refractivity contribution in [3.8, 4) is 0 Å². The van der Waals surface area contributed by atoms with Crippen LogP contribution in [-0.4, -0.2) is 0 Å². The van der Waals surface area contributed by atoms with Crippen LogP contribution in [0.15, 0.2) is 34.9 Å². The van der Waals surface area contributed by atoms with Gasteiger partial charge in [-0.25, -0.2) is 13.2 Å². The van der Waals surface area contributed by atoms with E-state index in [1.165, 1.54) is 6.26 Å². The normalized spacial score (nSPS) is 12.4. The lowest BCUT2D eigenvalue weighted by Gasteiger charge is -2.17. The predicted molar refractivity (Wildman–Crippen MR) is 61.7 cm³/mol. The summed E-state index contributed by atoms with van der Waals surface area (Å²) >= 11 is 0. The van der Waals surface area contributed by atoms with Gasteiger partial charge in [0.1, 0.15) is 17.3 Å². The van der Waals surface area contributed by atoms with Crippen LogP contribution in [0.5, 0.6) is 0 Å². The summed E-state index contributed by atoms with van der Waals surface area (Å²) in [6.45, 7) is 1.85. The zero-order valence-electron chi connectivity index (χ0n) is 9.71. The Kier molecular flexibility index (Phi) is 3.60. The van der Waals surface area contributed by atoms with Crippen molar-refractivity contribution in [2.75, 3.05) is 5.32 Å². The summed E-state index contributed by atoms with van der Waals surface area (Å²) in [5, 5.41) is 2.68. The molecule has 96 valence electrons. The van der Waals surface area contributed by atoms with E-state index in [0.717, 1.165) is 0 Å². The van der Waals surface area contributed by atoms with Gasteiger partial charge >= 0.3 is 0 Å². The molecule has 0 radical (unpaired) electrons. The highest BCUT2D eigenvalue weighted by molar-refractivity contribution is 5.47. The van der Waals surface area contributed by atoms with Crippen molar-refractivity contribution in [3.63, 3.8) is 0 Å². The van der Waals surface area contributed by atoms with Crippen LogP contribution in [0.3, 0.4) is 0 Å². The first-order valence-corrected chi connectivity index (χ1v) is 5.56. The molecule has 1 aromatic carbocycles. The highest BCUT2D eigenvalue weighted by atomic mass is 19.1. The lowest BCUT2D eigenvalue weighted by atomic mass is 10.1. The summed E-state index contributed by atoms with van der Waals surface area (Å²) in [5.41, 5.74) is -0.348. The Hall–Kier alpha value is -1.91. The zero-order chi connectivity index (χ0) is 13.1. The van der Waals surface area contributed by atoms with E-state index < -0.39 is 17.5 Å². The fraction of sp³-hybridized carbons (Fsp3) is 0.231. The average Bonchev–Trinajstić information content (AvgIpc) is 2.81. The predicted octanol–water partition coefficient (Wildman–Crippen LogP) is 4.26. The number of furan rings is 1. The molecular weight excluding hydrogens is 243 g/mol. The Morgan fingerprint density at radius 3 is 2.39 bits per heavy atom. The van der Waals surface area contributed by atoms with Crippen molar-refractivity contribution >= 4 is 5.69 Å². The van der Waals surface area contributed by atoms with Crippen LogP contribution in [-0.2, 0) is 0 Å². The molecule has 0 saturated carbocycles. The molecule has 1 N–H and O–H groups in total. The number of halogens is 3. The quantitative estimate of drug-likeness (QED) is 0.883. The minimum Gasteiger partial charge on any atom is -0.467 e. The van der Waals surface area contributed by atoms with E-state index in [2.05, 4.69) is 5.32 Å². The molecule has 1 aromatic heterocycles. The van der Waals surface area contributed by atoms with Gasteiger partial charge in [-0.1, -0.05) is 6.92 Å². The van der Waals surface area contributed by atoms with E-state index in [4.69, 9.17) is 4.42 Å². The van der Waals surface area contributed by atoms with Crippen LogP contribution in [0.4, 0.5) is 18.9 Å². The number of nitrogens with one attached hydrogen (secondary N) is 1. The Morgan fingerprint density at radius 1 is 1.22 bits per heavy atom. The van der Waals surface area contributed by atoms with Gasteiger partial charge in [0.25, 0.3) is 0 Å². The molecule has 1 atom stereocenters. The van der Waals surface area contributed by atoms with Crippen LogP contribution < -0.4 is 5.32 Å². The van der Waals surface area contributed by atoms with Gasteiger partial charge in [0.15, 0.2) is 11.6 Å². The fourth-order valence-corrected chi connectivity index (χ4v) is 1.72. The summed E-state index contributed by atoms with van der Waals surface area (Å²) in [7, 11) is 0. The van der Waals surface area contributed by atoms with Gasteiger partial charge in [-0.3, -0.25) is 0 Å². The highest BCUT2D eigenvalue weighted by Gasteiger charge is 2.17. The van der Waals surface area contributed by atoms with E-state index >= 15 is 0 Å². The van der Waals surface area contributed by atoms with E-state index in [9.17, 15) is 13.2 Å². The summed E-state index contributed by atoms with van der Waals surface area (Å²) in [6, 6.07) is 4.31. The lowest BCUT2D eigenvalue weighted by molar-refractivity contribution is 0.469. The third-order valence-corrected chi connectivity index (χ3v) is 2.62. The first kappa shape index (κ1) is 12.5. The Morgan fingerprint density at radius 2 is 1.89 bits per heavy atom. The topological polar surface area (TPSA) is 25.2 Å². The van der Waals surface area contributed by atoms with Crippen LogP contribution in [0.2, 0.25) is 0 Å². The van der Waals surface area contributed by atoms with Crippen molar-refractivity contribution in [3.05, 3.63) is 53.7 Å². The SMILES string of the molecule is CCC(Nc1c(F)cc(F)cc1F)c1ccco1. The van der Waals surface area contributed by atoms with Crippen LogP contribution >= 0.6 is 0 Å². The molecule has 0 bridgehead atoms. The Balaban J connectivity index is 2.28. The third-order valence-electron chi connectivity index (χ3n) is 2.62. The molecule has 0 amide bonds. The van der Waals surface area contributed by atoms with Gasteiger partial charge in [-0.15, -0.1) is 0 Å². The maximum Gasteiger partial charge on any atom is 0.152 e. The molecule has 0 fully saturated rings. The number of rotatable bonds is 4. The second-order valence-corrected chi connectivity index (χ2v) is 3.87. The average molecular weight is 255 g/mol.